The molecule has 1 N–H and O–H groups in total. The van der Waals surface area contributed by atoms with Gasteiger partial charge in [-0.3, -0.25) is 9.48 Å². The molecule has 0 fully saturated rings. The molecule has 1 amide bonds. The fraction of sp³-hybridized carbons (Fsp3) is 0.412. The number of nitrogens with one attached hydrogen (secondary N) is 1. The standard InChI is InChI=1S/C17H21N3O3/c1-3-8-20-10-14(12(2)19-20)17(21)18-7-6-13-4-5-15-16(9-13)23-11-22-15/h4-5,9-10H,3,6-8,11H2,1-2H3,(H,18,21). The van der Waals surface area contributed by atoms with Crippen molar-refractivity contribution in [1.82, 2.24) is 15.1 Å². The maximum absolute atomic E-state index is 12.3. The molecular weight excluding hydrogens is 294 g/mol. The first-order chi connectivity index (χ1) is 11.2. The number of rotatable bonds is 6. The maximum atomic E-state index is 12.3. The normalized spacial score (nSPS) is 12.4. The van der Waals surface area contributed by atoms with E-state index in [-0.39, 0.29) is 12.7 Å². The van der Waals surface area contributed by atoms with Gasteiger partial charge in [0.25, 0.3) is 5.91 Å². The molecule has 122 valence electrons. The van der Waals surface area contributed by atoms with Crippen LogP contribution in [0.5, 0.6) is 11.5 Å². The molecule has 6 heteroatoms. The zero-order valence-corrected chi connectivity index (χ0v) is 13.5. The van der Waals surface area contributed by atoms with Crippen molar-refractivity contribution in [3.63, 3.8) is 0 Å². The van der Waals surface area contributed by atoms with E-state index in [0.717, 1.165) is 42.1 Å². The number of carbonyl (C=O) groups excluding carboxylic acids is 1. The SMILES string of the molecule is CCCn1cc(C(=O)NCCc2ccc3c(c2)OCO3)c(C)n1. The second-order valence-electron chi connectivity index (χ2n) is 5.58. The Balaban J connectivity index is 1.55. The number of hydrogen-bond acceptors (Lipinski definition) is 4. The van der Waals surface area contributed by atoms with Crippen LogP contribution >= 0.6 is 0 Å². The summed E-state index contributed by atoms with van der Waals surface area (Å²) in [6.07, 6.45) is 3.55. The first kappa shape index (κ1) is 15.4. The lowest BCUT2D eigenvalue weighted by Gasteiger charge is -2.05. The summed E-state index contributed by atoms with van der Waals surface area (Å²) in [5.74, 6) is 1.47. The zero-order valence-electron chi connectivity index (χ0n) is 13.5. The van der Waals surface area contributed by atoms with Gasteiger partial charge in [0.15, 0.2) is 11.5 Å². The van der Waals surface area contributed by atoms with Crippen molar-refractivity contribution in [3.8, 4) is 11.5 Å². The molecule has 1 aliphatic heterocycles. The molecule has 23 heavy (non-hydrogen) atoms. The molecule has 3 rings (SSSR count). The number of fused-ring (bicyclic) bond motifs is 1. The number of amides is 1. The summed E-state index contributed by atoms with van der Waals surface area (Å²) in [7, 11) is 0. The highest BCUT2D eigenvalue weighted by molar-refractivity contribution is 5.94. The molecule has 6 nitrogen and oxygen atoms in total. The third-order valence-electron chi connectivity index (χ3n) is 3.78. The van der Waals surface area contributed by atoms with Crippen molar-refractivity contribution in [2.75, 3.05) is 13.3 Å². The average molecular weight is 315 g/mol. The first-order valence-corrected chi connectivity index (χ1v) is 7.88. The van der Waals surface area contributed by atoms with E-state index in [2.05, 4.69) is 17.3 Å². The van der Waals surface area contributed by atoms with Crippen LogP contribution in [0.3, 0.4) is 0 Å². The Morgan fingerprint density at radius 3 is 3.00 bits per heavy atom. The fourth-order valence-corrected chi connectivity index (χ4v) is 2.60. The number of benzene rings is 1. The molecule has 0 unspecified atom stereocenters. The van der Waals surface area contributed by atoms with Crippen LogP contribution in [0.25, 0.3) is 0 Å². The smallest absolute Gasteiger partial charge is 0.254 e. The monoisotopic (exact) mass is 315 g/mol. The molecule has 0 atom stereocenters. The number of ether oxygens (including phenoxy) is 2. The minimum absolute atomic E-state index is 0.0782. The number of aryl methyl sites for hydroxylation is 2. The summed E-state index contributed by atoms with van der Waals surface area (Å²) in [6, 6.07) is 5.85. The van der Waals surface area contributed by atoms with E-state index in [0.29, 0.717) is 12.1 Å². The Hall–Kier alpha value is -2.50. The van der Waals surface area contributed by atoms with Gasteiger partial charge >= 0.3 is 0 Å². The molecule has 2 heterocycles. The van der Waals surface area contributed by atoms with Crippen molar-refractivity contribution in [1.29, 1.82) is 0 Å². The van der Waals surface area contributed by atoms with Crippen LogP contribution in [0.2, 0.25) is 0 Å². The van der Waals surface area contributed by atoms with E-state index in [4.69, 9.17) is 9.47 Å². The van der Waals surface area contributed by atoms with Gasteiger partial charge in [-0.1, -0.05) is 13.0 Å². The highest BCUT2D eigenvalue weighted by Crippen LogP contribution is 2.32. The predicted octanol–water partition coefficient (Wildman–Crippen LogP) is 2.30. The topological polar surface area (TPSA) is 65.4 Å². The molecule has 0 saturated carbocycles. The van der Waals surface area contributed by atoms with Crippen molar-refractivity contribution in [3.05, 3.63) is 41.2 Å². The summed E-state index contributed by atoms with van der Waals surface area (Å²) in [4.78, 5) is 12.3. The van der Waals surface area contributed by atoms with Gasteiger partial charge in [-0.05, 0) is 37.5 Å². The molecule has 1 aromatic carbocycles. The lowest BCUT2D eigenvalue weighted by Crippen LogP contribution is -2.26. The Morgan fingerprint density at radius 1 is 1.35 bits per heavy atom. The van der Waals surface area contributed by atoms with Crippen LogP contribution in [-0.2, 0) is 13.0 Å². The van der Waals surface area contributed by atoms with Crippen molar-refractivity contribution in [2.45, 2.75) is 33.2 Å². The summed E-state index contributed by atoms with van der Waals surface area (Å²) >= 11 is 0. The first-order valence-electron chi connectivity index (χ1n) is 7.88. The molecule has 0 spiro atoms. The molecule has 2 aromatic rings. The molecule has 1 aromatic heterocycles. The van der Waals surface area contributed by atoms with Crippen LogP contribution in [0, 0.1) is 6.92 Å². The largest absolute Gasteiger partial charge is 0.454 e. The molecule has 0 bridgehead atoms. The second kappa shape index (κ2) is 6.73. The highest BCUT2D eigenvalue weighted by atomic mass is 16.7. The number of nitrogens with zero attached hydrogens (tertiary/aromatic N) is 2. The number of hydrogen-bond donors (Lipinski definition) is 1. The summed E-state index contributed by atoms with van der Waals surface area (Å²) < 4.78 is 12.5. The van der Waals surface area contributed by atoms with Crippen molar-refractivity contribution in [2.24, 2.45) is 0 Å². The van der Waals surface area contributed by atoms with Crippen LogP contribution in [0.4, 0.5) is 0 Å². The van der Waals surface area contributed by atoms with Crippen molar-refractivity contribution >= 4 is 5.91 Å². The van der Waals surface area contributed by atoms with Gasteiger partial charge in [-0.2, -0.15) is 5.10 Å². The second-order valence-corrected chi connectivity index (χ2v) is 5.58. The summed E-state index contributed by atoms with van der Waals surface area (Å²) in [5, 5.41) is 7.30. The van der Waals surface area contributed by atoms with E-state index in [1.54, 1.807) is 0 Å². The third-order valence-corrected chi connectivity index (χ3v) is 3.78. The van der Waals surface area contributed by atoms with E-state index in [1.165, 1.54) is 0 Å². The van der Waals surface area contributed by atoms with E-state index in [9.17, 15) is 4.79 Å². The summed E-state index contributed by atoms with van der Waals surface area (Å²) in [5.41, 5.74) is 2.51. The average Bonchev–Trinajstić information content (AvgIpc) is 3.13. The number of carbonyl (C=O) groups is 1. The van der Waals surface area contributed by atoms with E-state index >= 15 is 0 Å². The van der Waals surface area contributed by atoms with Crippen LogP contribution in [0.1, 0.15) is 35.0 Å². The lowest BCUT2D eigenvalue weighted by molar-refractivity contribution is 0.0953. The third kappa shape index (κ3) is 3.47. The Morgan fingerprint density at radius 2 is 2.17 bits per heavy atom. The minimum atomic E-state index is -0.0782. The Bertz CT molecular complexity index is 709. The summed E-state index contributed by atoms with van der Waals surface area (Å²) in [6.45, 7) is 5.61. The van der Waals surface area contributed by atoms with E-state index < -0.39 is 0 Å². The molecule has 0 radical (unpaired) electrons. The molecule has 1 aliphatic rings. The Kier molecular flexibility index (Phi) is 4.50. The highest BCUT2D eigenvalue weighted by Gasteiger charge is 2.14. The van der Waals surface area contributed by atoms with Gasteiger partial charge in [0, 0.05) is 19.3 Å². The number of aromatic nitrogens is 2. The minimum Gasteiger partial charge on any atom is -0.454 e. The van der Waals surface area contributed by atoms with Gasteiger partial charge in [0.05, 0.1) is 11.3 Å². The molecule has 0 aliphatic carbocycles. The van der Waals surface area contributed by atoms with Gasteiger partial charge in [-0.25, -0.2) is 0 Å². The van der Waals surface area contributed by atoms with Gasteiger partial charge < -0.3 is 14.8 Å². The van der Waals surface area contributed by atoms with E-state index in [1.807, 2.05) is 36.0 Å². The van der Waals surface area contributed by atoms with Crippen LogP contribution in [0.15, 0.2) is 24.4 Å². The van der Waals surface area contributed by atoms with Crippen LogP contribution < -0.4 is 14.8 Å². The zero-order chi connectivity index (χ0) is 16.2. The lowest BCUT2D eigenvalue weighted by atomic mass is 10.1. The van der Waals surface area contributed by atoms with Crippen molar-refractivity contribution < 1.29 is 14.3 Å². The van der Waals surface area contributed by atoms with Crippen LogP contribution in [-0.4, -0.2) is 29.0 Å². The van der Waals surface area contributed by atoms with Gasteiger partial charge in [0.2, 0.25) is 6.79 Å². The maximum Gasteiger partial charge on any atom is 0.254 e. The van der Waals surface area contributed by atoms with Gasteiger partial charge in [-0.15, -0.1) is 0 Å². The molecule has 0 saturated heterocycles. The predicted molar refractivity (Wildman–Crippen MR) is 85.9 cm³/mol. The molecular formula is C17H21N3O3. The Labute approximate surface area is 135 Å². The fourth-order valence-electron chi connectivity index (χ4n) is 2.60. The van der Waals surface area contributed by atoms with Gasteiger partial charge in [0.1, 0.15) is 0 Å². The quantitative estimate of drug-likeness (QED) is 0.888.